The van der Waals surface area contributed by atoms with Crippen LogP contribution in [-0.2, 0) is 4.79 Å². The average molecular weight is 298 g/mol. The Kier molecular flexibility index (Phi) is 14.9. The van der Waals surface area contributed by atoms with Crippen LogP contribution >= 0.6 is 0 Å². The molecule has 0 fully saturated rings. The molecule has 0 aliphatic heterocycles. The number of carbonyl (C=O) groups excluding carboxylic acids is 1. The van der Waals surface area contributed by atoms with Gasteiger partial charge in [-0.25, -0.2) is 0 Å². The first-order valence-corrected chi connectivity index (χ1v) is 8.38. The first-order valence-electron chi connectivity index (χ1n) is 8.38. The van der Waals surface area contributed by atoms with E-state index in [2.05, 4.69) is 17.3 Å². The number of unbranched alkanes of at least 4 members (excludes halogenated alkanes) is 6. The molecule has 124 valence electrons. The minimum atomic E-state index is 0.101. The second kappa shape index (κ2) is 15.5. The van der Waals surface area contributed by atoms with Crippen molar-refractivity contribution in [3.63, 3.8) is 0 Å². The van der Waals surface area contributed by atoms with Crippen LogP contribution in [-0.4, -0.2) is 49.2 Å². The molecule has 0 aromatic heterocycles. The van der Waals surface area contributed by atoms with E-state index in [0.717, 1.165) is 32.5 Å². The molecule has 0 saturated heterocycles. The van der Waals surface area contributed by atoms with E-state index in [0.29, 0.717) is 13.0 Å². The van der Waals surface area contributed by atoms with Crippen LogP contribution < -0.4 is 5.32 Å². The van der Waals surface area contributed by atoms with Crippen molar-refractivity contribution in [2.75, 3.05) is 33.3 Å². The van der Waals surface area contributed by atoms with Crippen molar-refractivity contribution in [3.8, 4) is 0 Å². The van der Waals surface area contributed by atoms with Gasteiger partial charge in [0, 0.05) is 26.1 Å². The quantitative estimate of drug-likeness (QED) is 0.383. The molecule has 0 aromatic carbocycles. The monoisotopic (exact) mass is 298 g/mol. The Balaban J connectivity index is 3.30. The molecule has 0 saturated carbocycles. The Hall–Kier alpha value is -0.870. The number of nitrogens with one attached hydrogen (secondary N) is 1. The predicted octanol–water partition coefficient (Wildman–Crippen LogP) is 2.72. The molecule has 4 nitrogen and oxygen atoms in total. The highest BCUT2D eigenvalue weighted by Gasteiger charge is 2.00. The van der Waals surface area contributed by atoms with Crippen molar-refractivity contribution < 1.29 is 9.90 Å². The van der Waals surface area contributed by atoms with Gasteiger partial charge in [-0.15, -0.1) is 0 Å². The highest BCUT2D eigenvalue weighted by Crippen LogP contribution is 2.07. The number of allylic oxidation sites excluding steroid dienone is 1. The Morgan fingerprint density at radius 1 is 1.05 bits per heavy atom. The molecule has 0 radical (unpaired) electrons. The molecular formula is C17H34N2O2. The summed E-state index contributed by atoms with van der Waals surface area (Å²) in [6.45, 7) is 5.00. The van der Waals surface area contributed by atoms with Crippen LogP contribution in [0.1, 0.15) is 58.3 Å². The summed E-state index contributed by atoms with van der Waals surface area (Å²) in [7, 11) is 2.11. The third kappa shape index (κ3) is 15.3. The van der Waals surface area contributed by atoms with Crippen LogP contribution in [0.15, 0.2) is 12.2 Å². The first kappa shape index (κ1) is 20.1. The smallest absolute Gasteiger partial charge is 0.223 e. The molecule has 0 rings (SSSR count). The van der Waals surface area contributed by atoms with Crippen LogP contribution in [0, 0.1) is 0 Å². The van der Waals surface area contributed by atoms with Gasteiger partial charge in [0.15, 0.2) is 0 Å². The van der Waals surface area contributed by atoms with Crippen molar-refractivity contribution in [1.82, 2.24) is 10.2 Å². The standard InChI is InChI=1S/C17H34N2O2/c1-3-4-12-17(21)18-13-15-19(2)14-10-8-6-5-7-9-11-16-20/h3-4,20H,5-16H2,1-2H3,(H,18,21)/b4-3+. The maximum atomic E-state index is 11.4. The largest absolute Gasteiger partial charge is 0.396 e. The average Bonchev–Trinajstić information content (AvgIpc) is 2.48. The third-order valence-corrected chi connectivity index (χ3v) is 3.55. The van der Waals surface area contributed by atoms with E-state index < -0.39 is 0 Å². The van der Waals surface area contributed by atoms with Gasteiger partial charge in [-0.3, -0.25) is 4.79 Å². The molecule has 1 amide bonds. The number of hydrogen-bond acceptors (Lipinski definition) is 3. The summed E-state index contributed by atoms with van der Waals surface area (Å²) >= 11 is 0. The number of carbonyl (C=O) groups is 1. The van der Waals surface area contributed by atoms with Crippen molar-refractivity contribution in [1.29, 1.82) is 0 Å². The van der Waals surface area contributed by atoms with Gasteiger partial charge in [-0.1, -0.05) is 44.3 Å². The normalized spacial score (nSPS) is 11.4. The summed E-state index contributed by atoms with van der Waals surface area (Å²) in [4.78, 5) is 13.7. The number of aliphatic hydroxyl groups excluding tert-OH is 1. The number of likely N-dealkylation sites (N-methyl/N-ethyl adjacent to an activating group) is 1. The Morgan fingerprint density at radius 2 is 1.67 bits per heavy atom. The van der Waals surface area contributed by atoms with Crippen LogP contribution in [0.25, 0.3) is 0 Å². The Morgan fingerprint density at radius 3 is 2.29 bits per heavy atom. The predicted molar refractivity (Wildman–Crippen MR) is 89.3 cm³/mol. The fourth-order valence-electron chi connectivity index (χ4n) is 2.17. The van der Waals surface area contributed by atoms with Gasteiger partial charge >= 0.3 is 0 Å². The minimum Gasteiger partial charge on any atom is -0.396 e. The fourth-order valence-corrected chi connectivity index (χ4v) is 2.17. The van der Waals surface area contributed by atoms with Gasteiger partial charge in [-0.05, 0) is 33.4 Å². The lowest BCUT2D eigenvalue weighted by molar-refractivity contribution is -0.120. The van der Waals surface area contributed by atoms with Crippen LogP contribution in [0.3, 0.4) is 0 Å². The molecular weight excluding hydrogens is 264 g/mol. The van der Waals surface area contributed by atoms with E-state index in [1.807, 2.05) is 19.1 Å². The molecule has 4 heteroatoms. The lowest BCUT2D eigenvalue weighted by atomic mass is 10.1. The second-order valence-electron chi connectivity index (χ2n) is 5.62. The van der Waals surface area contributed by atoms with E-state index in [-0.39, 0.29) is 5.91 Å². The lowest BCUT2D eigenvalue weighted by Crippen LogP contribution is -2.33. The molecule has 0 aliphatic rings. The number of hydrogen-bond donors (Lipinski definition) is 2. The molecule has 0 unspecified atom stereocenters. The van der Waals surface area contributed by atoms with E-state index in [4.69, 9.17) is 5.11 Å². The van der Waals surface area contributed by atoms with Crippen LogP contribution in [0.2, 0.25) is 0 Å². The van der Waals surface area contributed by atoms with Gasteiger partial charge in [0.2, 0.25) is 5.91 Å². The second-order valence-corrected chi connectivity index (χ2v) is 5.62. The zero-order chi connectivity index (χ0) is 15.8. The van der Waals surface area contributed by atoms with E-state index >= 15 is 0 Å². The third-order valence-electron chi connectivity index (χ3n) is 3.55. The van der Waals surface area contributed by atoms with Gasteiger partial charge in [0.1, 0.15) is 0 Å². The van der Waals surface area contributed by atoms with Crippen molar-refractivity contribution in [3.05, 3.63) is 12.2 Å². The molecule has 0 spiro atoms. The van der Waals surface area contributed by atoms with Crippen LogP contribution in [0.5, 0.6) is 0 Å². The molecule has 2 N–H and O–H groups in total. The van der Waals surface area contributed by atoms with Gasteiger partial charge in [0.25, 0.3) is 0 Å². The van der Waals surface area contributed by atoms with Gasteiger partial charge in [0.05, 0.1) is 0 Å². The highest BCUT2D eigenvalue weighted by molar-refractivity contribution is 5.77. The molecule has 21 heavy (non-hydrogen) atoms. The number of nitrogens with zero attached hydrogens (tertiary/aromatic N) is 1. The van der Waals surface area contributed by atoms with E-state index in [1.165, 1.54) is 32.1 Å². The number of rotatable bonds is 14. The van der Waals surface area contributed by atoms with E-state index in [9.17, 15) is 4.79 Å². The van der Waals surface area contributed by atoms with Crippen LogP contribution in [0.4, 0.5) is 0 Å². The lowest BCUT2D eigenvalue weighted by Gasteiger charge is -2.16. The zero-order valence-corrected chi connectivity index (χ0v) is 13.9. The topological polar surface area (TPSA) is 52.6 Å². The Labute approximate surface area is 130 Å². The summed E-state index contributed by atoms with van der Waals surface area (Å²) in [5.41, 5.74) is 0. The summed E-state index contributed by atoms with van der Waals surface area (Å²) in [5.74, 6) is 0.101. The van der Waals surface area contributed by atoms with Crippen molar-refractivity contribution in [2.45, 2.75) is 58.3 Å². The minimum absolute atomic E-state index is 0.101. The molecule has 0 heterocycles. The summed E-state index contributed by atoms with van der Waals surface area (Å²) in [5, 5.41) is 11.6. The van der Waals surface area contributed by atoms with Crippen molar-refractivity contribution in [2.24, 2.45) is 0 Å². The summed E-state index contributed by atoms with van der Waals surface area (Å²) in [6, 6.07) is 0. The zero-order valence-electron chi connectivity index (χ0n) is 13.9. The maximum absolute atomic E-state index is 11.4. The SMILES string of the molecule is C/C=C/CC(=O)NCCN(C)CCCCCCCCCO. The molecule has 0 aliphatic carbocycles. The molecule has 0 bridgehead atoms. The molecule has 0 aromatic rings. The molecule has 0 atom stereocenters. The van der Waals surface area contributed by atoms with Gasteiger partial charge < -0.3 is 15.3 Å². The summed E-state index contributed by atoms with van der Waals surface area (Å²) < 4.78 is 0. The highest BCUT2D eigenvalue weighted by atomic mass is 16.2. The summed E-state index contributed by atoms with van der Waals surface area (Å²) in [6.07, 6.45) is 12.7. The first-order chi connectivity index (χ1) is 10.2. The van der Waals surface area contributed by atoms with E-state index in [1.54, 1.807) is 0 Å². The Bertz CT molecular complexity index is 268. The fraction of sp³-hybridized carbons (Fsp3) is 0.824. The van der Waals surface area contributed by atoms with Crippen molar-refractivity contribution >= 4 is 5.91 Å². The maximum Gasteiger partial charge on any atom is 0.223 e. The number of aliphatic hydroxyl groups is 1. The number of amides is 1. The van der Waals surface area contributed by atoms with Gasteiger partial charge in [-0.2, -0.15) is 0 Å².